The van der Waals surface area contributed by atoms with Crippen LogP contribution in [0.1, 0.15) is 29.0 Å². The molecule has 3 rings (SSSR count). The Balaban J connectivity index is 1.83. The van der Waals surface area contributed by atoms with Crippen molar-refractivity contribution in [1.29, 1.82) is 0 Å². The molecule has 0 aliphatic carbocycles. The van der Waals surface area contributed by atoms with Crippen LogP contribution >= 0.6 is 0 Å². The third-order valence-electron chi connectivity index (χ3n) is 4.19. The van der Waals surface area contributed by atoms with Crippen molar-refractivity contribution in [3.05, 3.63) is 54.1 Å². The fraction of sp³-hybridized carbons (Fsp3) is 0.278. The zero-order valence-electron chi connectivity index (χ0n) is 15.2. The Morgan fingerprint density at radius 3 is 2.65 bits per heavy atom. The highest BCUT2D eigenvalue weighted by Gasteiger charge is 2.20. The molecule has 0 fully saturated rings. The van der Waals surface area contributed by atoms with Crippen LogP contribution in [0.15, 0.2) is 42.9 Å². The summed E-state index contributed by atoms with van der Waals surface area (Å²) in [7, 11) is 5.51. The van der Waals surface area contributed by atoms with Gasteiger partial charge in [-0.3, -0.25) is 9.89 Å². The first-order chi connectivity index (χ1) is 12.5. The van der Waals surface area contributed by atoms with Crippen molar-refractivity contribution in [2.45, 2.75) is 13.0 Å². The lowest BCUT2D eigenvalue weighted by Crippen LogP contribution is -2.30. The molecule has 0 aliphatic heterocycles. The van der Waals surface area contributed by atoms with Gasteiger partial charge >= 0.3 is 0 Å². The van der Waals surface area contributed by atoms with Gasteiger partial charge in [0.2, 0.25) is 5.95 Å². The lowest BCUT2D eigenvalue weighted by atomic mass is 10.1. The number of carbonyl (C=O) groups is 1. The molecule has 3 aromatic rings. The van der Waals surface area contributed by atoms with Gasteiger partial charge in [0.05, 0.1) is 11.7 Å². The maximum absolute atomic E-state index is 12.9. The van der Waals surface area contributed by atoms with E-state index in [0.717, 1.165) is 11.3 Å². The minimum atomic E-state index is -0.167. The molecule has 0 unspecified atom stereocenters. The molecule has 0 radical (unpaired) electrons. The first kappa shape index (κ1) is 17.5. The van der Waals surface area contributed by atoms with Crippen LogP contribution in [0, 0.1) is 0 Å². The molecule has 134 valence electrons. The number of hydrogen-bond donors (Lipinski definition) is 1. The molecular weight excluding hydrogens is 330 g/mol. The molecule has 1 N–H and O–H groups in total. The number of aromatic amines is 1. The van der Waals surface area contributed by atoms with Crippen molar-refractivity contribution in [1.82, 2.24) is 30.0 Å². The number of H-pyrrole nitrogens is 1. The summed E-state index contributed by atoms with van der Waals surface area (Å²) in [6.45, 7) is 1.93. The number of nitrogens with one attached hydrogen (secondary N) is 1. The Labute approximate surface area is 151 Å². The normalized spacial score (nSPS) is 11.8. The minimum absolute atomic E-state index is 0.0923. The van der Waals surface area contributed by atoms with E-state index in [0.29, 0.717) is 17.3 Å². The number of anilines is 1. The van der Waals surface area contributed by atoms with E-state index in [4.69, 9.17) is 0 Å². The summed E-state index contributed by atoms with van der Waals surface area (Å²) in [4.78, 5) is 28.9. The molecule has 2 aromatic heterocycles. The highest BCUT2D eigenvalue weighted by atomic mass is 16.2. The zero-order chi connectivity index (χ0) is 18.7. The lowest BCUT2D eigenvalue weighted by molar-refractivity contribution is 0.0739. The quantitative estimate of drug-likeness (QED) is 0.757. The third kappa shape index (κ3) is 3.53. The van der Waals surface area contributed by atoms with Gasteiger partial charge < -0.3 is 9.80 Å². The Morgan fingerprint density at radius 2 is 2.00 bits per heavy atom. The second kappa shape index (κ2) is 7.30. The summed E-state index contributed by atoms with van der Waals surface area (Å²) in [5, 5.41) is 7.05. The van der Waals surface area contributed by atoms with Gasteiger partial charge in [0.15, 0.2) is 5.82 Å². The van der Waals surface area contributed by atoms with Crippen molar-refractivity contribution < 1.29 is 4.79 Å². The van der Waals surface area contributed by atoms with Gasteiger partial charge in [-0.05, 0) is 25.1 Å². The molecule has 0 spiro atoms. The van der Waals surface area contributed by atoms with E-state index in [2.05, 4.69) is 25.1 Å². The summed E-state index contributed by atoms with van der Waals surface area (Å²) >= 11 is 0. The van der Waals surface area contributed by atoms with Gasteiger partial charge in [0.1, 0.15) is 6.33 Å². The van der Waals surface area contributed by atoms with E-state index in [1.807, 2.05) is 50.2 Å². The number of amides is 1. The summed E-state index contributed by atoms with van der Waals surface area (Å²) < 4.78 is 0. The highest BCUT2D eigenvalue weighted by molar-refractivity contribution is 5.95. The van der Waals surface area contributed by atoms with Gasteiger partial charge in [-0.1, -0.05) is 12.1 Å². The van der Waals surface area contributed by atoms with Crippen LogP contribution in [0.4, 0.5) is 5.95 Å². The van der Waals surface area contributed by atoms with Crippen LogP contribution < -0.4 is 4.90 Å². The number of rotatable bonds is 5. The first-order valence-electron chi connectivity index (χ1n) is 8.20. The van der Waals surface area contributed by atoms with Crippen LogP contribution in [0.5, 0.6) is 0 Å². The van der Waals surface area contributed by atoms with Crippen LogP contribution in [0.25, 0.3) is 11.4 Å². The van der Waals surface area contributed by atoms with E-state index in [1.165, 1.54) is 6.33 Å². The largest absolute Gasteiger partial charge is 0.346 e. The molecule has 1 aromatic carbocycles. The Hall–Kier alpha value is -3.29. The van der Waals surface area contributed by atoms with Crippen molar-refractivity contribution in [3.8, 4) is 11.4 Å². The Kier molecular flexibility index (Phi) is 4.92. The molecule has 8 nitrogen and oxygen atoms in total. The smallest absolute Gasteiger partial charge is 0.254 e. The highest BCUT2D eigenvalue weighted by Crippen LogP contribution is 2.22. The van der Waals surface area contributed by atoms with Crippen LogP contribution in [-0.2, 0) is 0 Å². The van der Waals surface area contributed by atoms with E-state index < -0.39 is 0 Å². The van der Waals surface area contributed by atoms with Gasteiger partial charge in [-0.15, -0.1) is 5.10 Å². The molecule has 8 heteroatoms. The number of carbonyl (C=O) groups excluding carboxylic acids is 1. The predicted octanol–water partition coefficient (Wildman–Crippen LogP) is 2.16. The maximum Gasteiger partial charge on any atom is 0.254 e. The van der Waals surface area contributed by atoms with Gasteiger partial charge in [0.25, 0.3) is 5.91 Å². The van der Waals surface area contributed by atoms with Crippen molar-refractivity contribution >= 4 is 11.9 Å². The first-order valence-corrected chi connectivity index (χ1v) is 8.20. The molecule has 1 atom stereocenters. The van der Waals surface area contributed by atoms with Gasteiger partial charge in [0, 0.05) is 38.5 Å². The number of benzene rings is 1. The van der Waals surface area contributed by atoms with Crippen LogP contribution in [0.3, 0.4) is 0 Å². The molecule has 0 aliphatic rings. The lowest BCUT2D eigenvalue weighted by Gasteiger charge is -2.24. The second-order valence-corrected chi connectivity index (χ2v) is 6.19. The molecule has 0 saturated carbocycles. The predicted molar refractivity (Wildman–Crippen MR) is 98.7 cm³/mol. The molecular formula is C18H21N7O. The topological polar surface area (TPSA) is 90.9 Å². The Bertz CT molecular complexity index is 891. The number of hydrogen-bond acceptors (Lipinski definition) is 6. The Morgan fingerprint density at radius 1 is 1.19 bits per heavy atom. The second-order valence-electron chi connectivity index (χ2n) is 6.19. The standard InChI is InChI=1S/C18H21N7O/c1-12(15-8-9-19-11-20-15)25(4)17(26)14-7-5-6-13(10-14)16-21-18(23-22-16)24(2)3/h5-12H,1-4H3,(H,21,22,23)/t12-/m1/s1. The van der Waals surface area contributed by atoms with E-state index >= 15 is 0 Å². The maximum atomic E-state index is 12.9. The van der Waals surface area contributed by atoms with E-state index in [9.17, 15) is 4.79 Å². The SMILES string of the molecule is C[C@H](c1ccncn1)N(C)C(=O)c1cccc(-c2nc(N(C)C)n[nH]2)c1. The summed E-state index contributed by atoms with van der Waals surface area (Å²) in [6, 6.07) is 8.97. The van der Waals surface area contributed by atoms with Crippen LogP contribution in [-0.4, -0.2) is 57.1 Å². The van der Waals surface area contributed by atoms with Crippen molar-refractivity contribution in [2.75, 3.05) is 26.0 Å². The number of nitrogens with zero attached hydrogens (tertiary/aromatic N) is 6. The third-order valence-corrected chi connectivity index (χ3v) is 4.19. The average molecular weight is 351 g/mol. The summed E-state index contributed by atoms with van der Waals surface area (Å²) in [6.07, 6.45) is 3.15. The molecule has 26 heavy (non-hydrogen) atoms. The molecule has 0 saturated heterocycles. The van der Waals surface area contributed by atoms with Gasteiger partial charge in [-0.2, -0.15) is 4.98 Å². The monoisotopic (exact) mass is 351 g/mol. The van der Waals surface area contributed by atoms with E-state index in [1.54, 1.807) is 24.2 Å². The summed E-state index contributed by atoms with van der Waals surface area (Å²) in [5.41, 5.74) is 2.17. The fourth-order valence-corrected chi connectivity index (χ4v) is 2.51. The van der Waals surface area contributed by atoms with Gasteiger partial charge in [-0.25, -0.2) is 9.97 Å². The zero-order valence-corrected chi connectivity index (χ0v) is 15.2. The molecule has 1 amide bonds. The van der Waals surface area contributed by atoms with Crippen molar-refractivity contribution in [3.63, 3.8) is 0 Å². The minimum Gasteiger partial charge on any atom is -0.346 e. The fourth-order valence-electron chi connectivity index (χ4n) is 2.51. The van der Waals surface area contributed by atoms with Crippen LogP contribution in [0.2, 0.25) is 0 Å². The average Bonchev–Trinajstić information content (AvgIpc) is 3.17. The van der Waals surface area contributed by atoms with E-state index in [-0.39, 0.29) is 11.9 Å². The summed E-state index contributed by atoms with van der Waals surface area (Å²) in [5.74, 6) is 1.12. The molecule has 2 heterocycles. The molecule has 0 bridgehead atoms. The van der Waals surface area contributed by atoms with Crippen molar-refractivity contribution in [2.24, 2.45) is 0 Å². The number of aromatic nitrogens is 5.